The van der Waals surface area contributed by atoms with Crippen molar-refractivity contribution >= 4 is 34.0 Å². The number of piperidine rings is 1. The lowest BCUT2D eigenvalue weighted by molar-refractivity contribution is 0.171. The number of hydrogen-bond donors (Lipinski definition) is 1. The molecule has 0 amide bonds. The van der Waals surface area contributed by atoms with Crippen LogP contribution in [0.25, 0.3) is 10.2 Å². The minimum absolute atomic E-state index is 0. The summed E-state index contributed by atoms with van der Waals surface area (Å²) in [7, 11) is 1.70. The van der Waals surface area contributed by atoms with Crippen LogP contribution >= 0.6 is 23.7 Å². The number of rotatable bonds is 4. The molecule has 116 valence electrons. The fourth-order valence-corrected chi connectivity index (χ4v) is 3.86. The van der Waals surface area contributed by atoms with Gasteiger partial charge in [0.2, 0.25) is 0 Å². The first-order valence-corrected chi connectivity index (χ1v) is 7.96. The lowest BCUT2D eigenvalue weighted by Gasteiger charge is -2.31. The van der Waals surface area contributed by atoms with E-state index in [4.69, 9.17) is 15.5 Å². The second kappa shape index (κ2) is 7.40. The number of hydrogen-bond acceptors (Lipinski definition) is 5. The van der Waals surface area contributed by atoms with E-state index in [2.05, 4.69) is 11.0 Å². The van der Waals surface area contributed by atoms with Crippen LogP contribution < -0.4 is 10.5 Å². The van der Waals surface area contributed by atoms with Crippen LogP contribution in [0.1, 0.15) is 17.8 Å². The molecule has 2 heterocycles. The van der Waals surface area contributed by atoms with Crippen LogP contribution in [0.2, 0.25) is 0 Å². The first kappa shape index (κ1) is 16.5. The highest BCUT2D eigenvalue weighted by Gasteiger charge is 2.19. The van der Waals surface area contributed by atoms with Gasteiger partial charge < -0.3 is 10.5 Å². The Kier molecular flexibility index (Phi) is 5.81. The number of nitrogens with two attached hydrogens (primary N) is 1. The van der Waals surface area contributed by atoms with Gasteiger partial charge in [-0.1, -0.05) is 0 Å². The Hall–Kier alpha value is -0.880. The number of halogens is 1. The molecule has 6 heteroatoms. The van der Waals surface area contributed by atoms with Crippen molar-refractivity contribution in [2.24, 2.45) is 11.7 Å². The largest absolute Gasteiger partial charge is 0.497 e. The zero-order valence-corrected chi connectivity index (χ0v) is 13.9. The van der Waals surface area contributed by atoms with E-state index in [1.807, 2.05) is 12.1 Å². The summed E-state index contributed by atoms with van der Waals surface area (Å²) in [6.07, 6.45) is 2.52. The molecule has 0 spiro atoms. The predicted octanol–water partition coefficient (Wildman–Crippen LogP) is 2.90. The van der Waals surface area contributed by atoms with Gasteiger partial charge in [-0.05, 0) is 50.0 Å². The molecule has 0 aliphatic carbocycles. The van der Waals surface area contributed by atoms with E-state index >= 15 is 0 Å². The van der Waals surface area contributed by atoms with Gasteiger partial charge in [0.25, 0.3) is 0 Å². The third-order valence-corrected chi connectivity index (χ3v) is 4.94. The quantitative estimate of drug-likeness (QED) is 0.938. The van der Waals surface area contributed by atoms with Crippen LogP contribution in [0.4, 0.5) is 0 Å². The van der Waals surface area contributed by atoms with Crippen LogP contribution in [0, 0.1) is 5.92 Å². The summed E-state index contributed by atoms with van der Waals surface area (Å²) in [6.45, 7) is 4.01. The third kappa shape index (κ3) is 3.86. The van der Waals surface area contributed by atoms with Gasteiger partial charge >= 0.3 is 0 Å². The van der Waals surface area contributed by atoms with Gasteiger partial charge in [0, 0.05) is 6.54 Å². The van der Waals surface area contributed by atoms with Crippen LogP contribution in [0.5, 0.6) is 5.75 Å². The maximum atomic E-state index is 5.80. The Bertz CT molecular complexity index is 589. The Morgan fingerprint density at radius 3 is 3.10 bits per heavy atom. The van der Waals surface area contributed by atoms with Gasteiger partial charge in [0.05, 0.1) is 23.9 Å². The molecule has 0 saturated carbocycles. The first-order valence-electron chi connectivity index (χ1n) is 7.14. The SMILES string of the molecule is COc1ccc2nc(CN3CCCC(CN)C3)sc2c1.Cl. The Balaban J connectivity index is 0.00000161. The molecule has 21 heavy (non-hydrogen) atoms. The van der Waals surface area contributed by atoms with Crippen molar-refractivity contribution < 1.29 is 4.74 Å². The van der Waals surface area contributed by atoms with E-state index in [1.165, 1.54) is 22.5 Å². The second-order valence-corrected chi connectivity index (χ2v) is 6.54. The maximum absolute atomic E-state index is 5.80. The van der Waals surface area contributed by atoms with Crippen molar-refractivity contribution in [3.8, 4) is 5.75 Å². The summed E-state index contributed by atoms with van der Waals surface area (Å²) in [6, 6.07) is 6.07. The van der Waals surface area contributed by atoms with Crippen LogP contribution in [-0.2, 0) is 6.54 Å². The van der Waals surface area contributed by atoms with Crippen molar-refractivity contribution in [2.45, 2.75) is 19.4 Å². The molecule has 1 unspecified atom stereocenters. The normalized spacial score (nSPS) is 19.4. The van der Waals surface area contributed by atoms with Crippen molar-refractivity contribution in [3.05, 3.63) is 23.2 Å². The van der Waals surface area contributed by atoms with Crippen LogP contribution in [-0.4, -0.2) is 36.6 Å². The number of benzene rings is 1. The molecule has 2 aromatic rings. The number of ether oxygens (including phenoxy) is 1. The standard InChI is InChI=1S/C15H21N3OS.ClH/c1-19-12-4-5-13-14(7-12)20-15(17-13)10-18-6-2-3-11(8-16)9-18;/h4-5,7,11H,2-3,6,8-10,16H2,1H3;1H. The molecule has 1 aliphatic heterocycles. The fraction of sp³-hybridized carbons (Fsp3) is 0.533. The molecule has 3 rings (SSSR count). The topological polar surface area (TPSA) is 51.4 Å². The lowest BCUT2D eigenvalue weighted by atomic mass is 9.98. The van der Waals surface area contributed by atoms with Crippen LogP contribution in [0.3, 0.4) is 0 Å². The van der Waals surface area contributed by atoms with E-state index in [0.717, 1.165) is 37.4 Å². The molecule has 0 radical (unpaired) electrons. The molecule has 1 aromatic heterocycles. The van der Waals surface area contributed by atoms with E-state index in [9.17, 15) is 0 Å². The molecule has 1 fully saturated rings. The Morgan fingerprint density at radius 1 is 1.48 bits per heavy atom. The zero-order valence-electron chi connectivity index (χ0n) is 12.2. The van der Waals surface area contributed by atoms with Crippen molar-refractivity contribution in [1.82, 2.24) is 9.88 Å². The van der Waals surface area contributed by atoms with E-state index < -0.39 is 0 Å². The van der Waals surface area contributed by atoms with Gasteiger partial charge in [0.15, 0.2) is 0 Å². The third-order valence-electron chi connectivity index (χ3n) is 3.94. The zero-order chi connectivity index (χ0) is 13.9. The van der Waals surface area contributed by atoms with E-state index in [0.29, 0.717) is 5.92 Å². The highest BCUT2D eigenvalue weighted by Crippen LogP contribution is 2.28. The van der Waals surface area contributed by atoms with Gasteiger partial charge in [-0.15, -0.1) is 23.7 Å². The van der Waals surface area contributed by atoms with Gasteiger partial charge in [-0.2, -0.15) is 0 Å². The number of likely N-dealkylation sites (tertiary alicyclic amines) is 1. The smallest absolute Gasteiger partial charge is 0.120 e. The van der Waals surface area contributed by atoms with Gasteiger partial charge in [-0.3, -0.25) is 4.90 Å². The second-order valence-electron chi connectivity index (χ2n) is 5.42. The molecular formula is C15H22ClN3OS. The highest BCUT2D eigenvalue weighted by molar-refractivity contribution is 7.18. The average molecular weight is 328 g/mol. The molecular weight excluding hydrogens is 306 g/mol. The first-order chi connectivity index (χ1) is 9.78. The number of nitrogens with zero attached hydrogens (tertiary/aromatic N) is 2. The van der Waals surface area contributed by atoms with Crippen LogP contribution in [0.15, 0.2) is 18.2 Å². The number of methoxy groups -OCH3 is 1. The lowest BCUT2D eigenvalue weighted by Crippen LogP contribution is -2.37. The molecule has 1 saturated heterocycles. The molecule has 0 bridgehead atoms. The monoisotopic (exact) mass is 327 g/mol. The minimum Gasteiger partial charge on any atom is -0.497 e. The Labute approximate surface area is 135 Å². The van der Waals surface area contributed by atoms with Crippen molar-refractivity contribution in [3.63, 3.8) is 0 Å². The number of thiazole rings is 1. The summed E-state index contributed by atoms with van der Waals surface area (Å²) in [5.41, 5.74) is 6.87. The van der Waals surface area contributed by atoms with Crippen molar-refractivity contribution in [1.29, 1.82) is 0 Å². The van der Waals surface area contributed by atoms with E-state index in [-0.39, 0.29) is 12.4 Å². The highest BCUT2D eigenvalue weighted by atomic mass is 35.5. The predicted molar refractivity (Wildman–Crippen MR) is 90.5 cm³/mol. The Morgan fingerprint density at radius 2 is 2.33 bits per heavy atom. The average Bonchev–Trinajstić information content (AvgIpc) is 2.88. The fourth-order valence-electron chi connectivity index (χ4n) is 2.83. The summed E-state index contributed by atoms with van der Waals surface area (Å²) in [5.74, 6) is 1.55. The molecule has 1 aliphatic rings. The summed E-state index contributed by atoms with van der Waals surface area (Å²) in [4.78, 5) is 7.21. The number of aromatic nitrogens is 1. The summed E-state index contributed by atoms with van der Waals surface area (Å²) < 4.78 is 6.47. The molecule has 4 nitrogen and oxygen atoms in total. The van der Waals surface area contributed by atoms with Gasteiger partial charge in [0.1, 0.15) is 10.8 Å². The minimum atomic E-state index is 0. The number of fused-ring (bicyclic) bond motifs is 1. The van der Waals surface area contributed by atoms with Gasteiger partial charge in [-0.25, -0.2) is 4.98 Å². The summed E-state index contributed by atoms with van der Waals surface area (Å²) in [5, 5.41) is 1.19. The van der Waals surface area contributed by atoms with Crippen molar-refractivity contribution in [2.75, 3.05) is 26.7 Å². The maximum Gasteiger partial charge on any atom is 0.120 e. The molecule has 1 aromatic carbocycles. The summed E-state index contributed by atoms with van der Waals surface area (Å²) >= 11 is 1.77. The van der Waals surface area contributed by atoms with E-state index in [1.54, 1.807) is 18.4 Å². The molecule has 1 atom stereocenters. The molecule has 2 N–H and O–H groups in total.